The Kier molecular flexibility index (Phi) is 6.23. The Balaban J connectivity index is 1.86. The highest BCUT2D eigenvalue weighted by Crippen LogP contribution is 2.35. The smallest absolute Gasteiger partial charge is 0.327 e. The lowest BCUT2D eigenvalue weighted by atomic mass is 9.90. The number of fused-ring (bicyclic) bond motifs is 1. The van der Waals surface area contributed by atoms with E-state index in [1.165, 1.54) is 11.9 Å². The number of nitrogens with one attached hydrogen (secondary N) is 1. The number of rotatable bonds is 6. The molecule has 8 heteroatoms. The van der Waals surface area contributed by atoms with Crippen LogP contribution in [-0.2, 0) is 14.4 Å². The number of likely N-dealkylation sites (N-methyl/N-ethyl adjacent to an activating group) is 1. The van der Waals surface area contributed by atoms with Crippen molar-refractivity contribution in [2.24, 2.45) is 0 Å². The van der Waals surface area contributed by atoms with Crippen molar-refractivity contribution in [3.8, 4) is 0 Å². The molecule has 2 aromatic rings. The molecular formula is C24H28N4O4. The molecule has 1 aliphatic carbocycles. The largest absolute Gasteiger partial charge is 0.480 e. The van der Waals surface area contributed by atoms with Gasteiger partial charge in [-0.25, -0.2) is 0 Å². The fourth-order valence-corrected chi connectivity index (χ4v) is 4.89. The topological polar surface area (TPSA) is 103 Å². The van der Waals surface area contributed by atoms with E-state index < -0.39 is 23.7 Å². The number of carboxylic acids is 1. The van der Waals surface area contributed by atoms with Crippen LogP contribution in [-0.4, -0.2) is 56.4 Å². The number of benzene rings is 1. The summed E-state index contributed by atoms with van der Waals surface area (Å²) in [6.45, 7) is 3.45. The van der Waals surface area contributed by atoms with Gasteiger partial charge in [0.25, 0.3) is 5.91 Å². The number of aromatic nitrogens is 1. The highest BCUT2D eigenvalue weighted by atomic mass is 16.4. The zero-order chi connectivity index (χ0) is 22.8. The second-order valence-electron chi connectivity index (χ2n) is 8.31. The van der Waals surface area contributed by atoms with Crippen LogP contribution in [0, 0.1) is 0 Å². The van der Waals surface area contributed by atoms with E-state index in [1.807, 2.05) is 31.2 Å². The van der Waals surface area contributed by atoms with Crippen molar-refractivity contribution >= 4 is 34.1 Å². The van der Waals surface area contributed by atoms with Crippen molar-refractivity contribution in [3.05, 3.63) is 47.9 Å². The van der Waals surface area contributed by atoms with Gasteiger partial charge in [0.15, 0.2) is 11.8 Å². The van der Waals surface area contributed by atoms with E-state index in [0.29, 0.717) is 12.2 Å². The van der Waals surface area contributed by atoms with Gasteiger partial charge in [0, 0.05) is 29.6 Å². The number of ketones is 1. The molecule has 32 heavy (non-hydrogen) atoms. The van der Waals surface area contributed by atoms with Gasteiger partial charge in [-0.2, -0.15) is 5.01 Å². The SMILES string of the molecule is CCN1C(=O)C(Nc2cncc3ccccc23)=C(C(C)=O)C(C(=O)O)N1C1CCCCC1. The summed E-state index contributed by atoms with van der Waals surface area (Å²) >= 11 is 0. The molecule has 1 aromatic carbocycles. The van der Waals surface area contributed by atoms with Crippen LogP contribution in [0.3, 0.4) is 0 Å². The van der Waals surface area contributed by atoms with Crippen LogP contribution in [0.25, 0.3) is 10.8 Å². The first-order valence-corrected chi connectivity index (χ1v) is 11.1. The van der Waals surface area contributed by atoms with Crippen molar-refractivity contribution in [3.63, 3.8) is 0 Å². The van der Waals surface area contributed by atoms with Gasteiger partial charge in [0.2, 0.25) is 0 Å². The number of Topliss-reactive ketones (excluding diaryl/α,β-unsaturated/α-hetero) is 1. The Morgan fingerprint density at radius 1 is 1.16 bits per heavy atom. The quantitative estimate of drug-likeness (QED) is 0.716. The fourth-order valence-electron chi connectivity index (χ4n) is 4.89. The molecule has 2 aliphatic rings. The van der Waals surface area contributed by atoms with Crippen LogP contribution in [0.1, 0.15) is 46.0 Å². The van der Waals surface area contributed by atoms with E-state index in [9.17, 15) is 19.5 Å². The number of pyridine rings is 1. The number of hydrazine groups is 1. The number of hydrogen-bond acceptors (Lipinski definition) is 6. The maximum Gasteiger partial charge on any atom is 0.327 e. The van der Waals surface area contributed by atoms with Gasteiger partial charge in [-0.15, -0.1) is 0 Å². The van der Waals surface area contributed by atoms with E-state index in [-0.39, 0.29) is 17.3 Å². The number of anilines is 1. The second kappa shape index (κ2) is 9.08. The molecule has 1 atom stereocenters. The molecule has 1 amide bonds. The standard InChI is InChI=1S/C24H28N4O4/c1-3-27-23(30)21(26-19-14-25-13-16-9-7-8-12-18(16)19)20(15(2)29)22(24(31)32)28(27)17-10-5-4-6-11-17/h7-9,12-14,17,22,26H,3-6,10-11H2,1-2H3,(H,31,32). The lowest BCUT2D eigenvalue weighted by Crippen LogP contribution is -2.64. The first-order chi connectivity index (χ1) is 15.4. The first kappa shape index (κ1) is 22.0. The van der Waals surface area contributed by atoms with Crippen molar-refractivity contribution < 1.29 is 19.5 Å². The molecule has 0 saturated heterocycles. The summed E-state index contributed by atoms with van der Waals surface area (Å²) < 4.78 is 0. The Morgan fingerprint density at radius 3 is 2.53 bits per heavy atom. The van der Waals surface area contributed by atoms with E-state index >= 15 is 0 Å². The molecule has 1 aliphatic heterocycles. The number of carboxylic acid groups (broad SMARTS) is 1. The van der Waals surface area contributed by atoms with Crippen molar-refractivity contribution in [1.29, 1.82) is 0 Å². The van der Waals surface area contributed by atoms with E-state index in [0.717, 1.165) is 42.9 Å². The van der Waals surface area contributed by atoms with Crippen LogP contribution in [0.2, 0.25) is 0 Å². The Hall–Kier alpha value is -3.26. The number of carbonyl (C=O) groups is 3. The van der Waals surface area contributed by atoms with Crippen LogP contribution in [0.5, 0.6) is 0 Å². The Labute approximate surface area is 186 Å². The number of amides is 1. The molecule has 1 aromatic heterocycles. The molecule has 0 spiro atoms. The molecule has 0 bridgehead atoms. The average Bonchev–Trinajstić information content (AvgIpc) is 2.80. The summed E-state index contributed by atoms with van der Waals surface area (Å²) in [6, 6.07) is 6.24. The first-order valence-electron chi connectivity index (χ1n) is 11.1. The zero-order valence-electron chi connectivity index (χ0n) is 18.4. The molecular weight excluding hydrogens is 408 g/mol. The Bertz CT molecular complexity index is 1090. The average molecular weight is 437 g/mol. The third-order valence-electron chi connectivity index (χ3n) is 6.32. The van der Waals surface area contributed by atoms with Crippen molar-refractivity contribution in [2.45, 2.75) is 58.0 Å². The lowest BCUT2D eigenvalue weighted by Gasteiger charge is -2.48. The summed E-state index contributed by atoms with van der Waals surface area (Å²) in [4.78, 5) is 43.1. The van der Waals surface area contributed by atoms with Crippen LogP contribution < -0.4 is 5.32 Å². The molecule has 1 saturated carbocycles. The fraction of sp³-hybridized carbons (Fsp3) is 0.417. The molecule has 1 fully saturated rings. The minimum atomic E-state index is -1.22. The molecule has 2 heterocycles. The monoisotopic (exact) mass is 436 g/mol. The summed E-state index contributed by atoms with van der Waals surface area (Å²) in [6.07, 6.45) is 7.95. The van der Waals surface area contributed by atoms with Gasteiger partial charge in [-0.1, -0.05) is 43.5 Å². The van der Waals surface area contributed by atoms with Crippen molar-refractivity contribution in [2.75, 3.05) is 11.9 Å². The molecule has 2 N–H and O–H groups in total. The lowest BCUT2D eigenvalue weighted by molar-refractivity contribution is -0.171. The van der Waals surface area contributed by atoms with Gasteiger partial charge >= 0.3 is 5.97 Å². The molecule has 4 rings (SSSR count). The minimum absolute atomic E-state index is 0.00860. The van der Waals surface area contributed by atoms with E-state index in [2.05, 4.69) is 10.3 Å². The number of carbonyl (C=O) groups excluding carboxylic acids is 2. The third-order valence-corrected chi connectivity index (χ3v) is 6.32. The van der Waals surface area contributed by atoms with Crippen LogP contribution in [0.4, 0.5) is 5.69 Å². The second-order valence-corrected chi connectivity index (χ2v) is 8.31. The van der Waals surface area contributed by atoms with E-state index in [1.54, 1.807) is 17.4 Å². The summed E-state index contributed by atoms with van der Waals surface area (Å²) in [5.41, 5.74) is 0.555. The number of aliphatic carboxylic acids is 1. The van der Waals surface area contributed by atoms with Crippen LogP contribution in [0.15, 0.2) is 47.9 Å². The minimum Gasteiger partial charge on any atom is -0.480 e. The van der Waals surface area contributed by atoms with Crippen molar-refractivity contribution in [1.82, 2.24) is 15.0 Å². The third kappa shape index (κ3) is 3.86. The molecule has 8 nitrogen and oxygen atoms in total. The summed E-state index contributed by atoms with van der Waals surface area (Å²) in [7, 11) is 0. The highest BCUT2D eigenvalue weighted by molar-refractivity contribution is 6.12. The maximum absolute atomic E-state index is 13.6. The maximum atomic E-state index is 13.6. The Morgan fingerprint density at radius 2 is 1.88 bits per heavy atom. The van der Waals surface area contributed by atoms with Crippen LogP contribution >= 0.6 is 0 Å². The van der Waals surface area contributed by atoms with Gasteiger partial charge in [0.1, 0.15) is 5.70 Å². The normalized spacial score (nSPS) is 20.6. The zero-order valence-corrected chi connectivity index (χ0v) is 18.4. The molecule has 168 valence electrons. The summed E-state index contributed by atoms with van der Waals surface area (Å²) in [5, 5.41) is 18.1. The predicted molar refractivity (Wildman–Crippen MR) is 121 cm³/mol. The van der Waals surface area contributed by atoms with Gasteiger partial charge in [0.05, 0.1) is 17.5 Å². The molecule has 1 unspecified atom stereocenters. The van der Waals surface area contributed by atoms with Gasteiger partial charge in [-0.3, -0.25) is 24.4 Å². The van der Waals surface area contributed by atoms with E-state index in [4.69, 9.17) is 0 Å². The highest BCUT2D eigenvalue weighted by Gasteiger charge is 2.47. The molecule has 0 radical (unpaired) electrons. The predicted octanol–water partition coefficient (Wildman–Crippen LogP) is 3.35. The van der Waals surface area contributed by atoms with Gasteiger partial charge < -0.3 is 10.4 Å². The number of nitrogens with zero attached hydrogens (tertiary/aromatic N) is 3. The summed E-state index contributed by atoms with van der Waals surface area (Å²) in [5.74, 6) is -1.96. The number of hydrogen-bond donors (Lipinski definition) is 2. The van der Waals surface area contributed by atoms with Gasteiger partial charge in [-0.05, 0) is 26.7 Å².